The van der Waals surface area contributed by atoms with Crippen molar-refractivity contribution in [3.8, 4) is 0 Å². The summed E-state index contributed by atoms with van der Waals surface area (Å²) in [5, 5.41) is 17.6. The van der Waals surface area contributed by atoms with Crippen LogP contribution in [-0.4, -0.2) is 21.1 Å². The smallest absolute Gasteiger partial charge is 0.249 e. The van der Waals surface area contributed by atoms with Gasteiger partial charge in [-0.1, -0.05) is 11.6 Å². The second-order valence-electron chi connectivity index (χ2n) is 5.63. The fraction of sp³-hybridized carbons (Fsp3) is 0.111. The Balaban J connectivity index is 1.72. The molecule has 0 saturated heterocycles. The number of aryl methyl sites for hydroxylation is 1. The SMILES string of the molecule is CC(=O)Nc1ccc(Nc2nncc(Nc3ccc(Cl)cc3C)n2)cc1. The molecule has 7 nitrogen and oxygen atoms in total. The zero-order chi connectivity index (χ0) is 18.5. The largest absolute Gasteiger partial charge is 0.339 e. The van der Waals surface area contributed by atoms with Crippen LogP contribution in [0.15, 0.2) is 48.7 Å². The Kier molecular flexibility index (Phi) is 5.28. The quantitative estimate of drug-likeness (QED) is 0.622. The van der Waals surface area contributed by atoms with E-state index < -0.39 is 0 Å². The highest BCUT2D eigenvalue weighted by atomic mass is 35.5. The molecule has 2 aromatic carbocycles. The van der Waals surface area contributed by atoms with Crippen molar-refractivity contribution < 1.29 is 4.79 Å². The lowest BCUT2D eigenvalue weighted by molar-refractivity contribution is -0.114. The highest BCUT2D eigenvalue weighted by Crippen LogP contribution is 2.23. The predicted molar refractivity (Wildman–Crippen MR) is 103 cm³/mol. The molecule has 1 amide bonds. The maximum atomic E-state index is 11.0. The van der Waals surface area contributed by atoms with Crippen LogP contribution in [0.25, 0.3) is 0 Å². The average Bonchev–Trinajstić information content (AvgIpc) is 2.59. The standard InChI is InChI=1S/C18H17ClN6O/c1-11-9-13(19)3-8-16(11)23-17-10-20-25-18(24-17)22-15-6-4-14(5-7-15)21-12(2)26/h3-10H,1-2H3,(H,21,26)(H2,22,23,24,25). The topological polar surface area (TPSA) is 91.8 Å². The summed E-state index contributed by atoms with van der Waals surface area (Å²) >= 11 is 5.98. The average molecular weight is 369 g/mol. The molecule has 1 heterocycles. The summed E-state index contributed by atoms with van der Waals surface area (Å²) in [7, 11) is 0. The maximum Gasteiger partial charge on any atom is 0.249 e. The molecule has 3 aromatic rings. The molecule has 1 aromatic heterocycles. The van der Waals surface area contributed by atoms with Crippen molar-refractivity contribution in [2.75, 3.05) is 16.0 Å². The molecule has 0 spiro atoms. The van der Waals surface area contributed by atoms with Crippen LogP contribution in [0.4, 0.5) is 28.8 Å². The second kappa shape index (κ2) is 7.79. The Hall–Kier alpha value is -3.19. The van der Waals surface area contributed by atoms with Crippen LogP contribution < -0.4 is 16.0 Å². The second-order valence-corrected chi connectivity index (χ2v) is 6.07. The van der Waals surface area contributed by atoms with Crippen molar-refractivity contribution in [3.63, 3.8) is 0 Å². The molecular formula is C18H17ClN6O. The number of hydrogen-bond donors (Lipinski definition) is 3. The van der Waals surface area contributed by atoms with E-state index in [1.807, 2.05) is 31.2 Å². The van der Waals surface area contributed by atoms with Crippen LogP contribution >= 0.6 is 11.6 Å². The lowest BCUT2D eigenvalue weighted by Crippen LogP contribution is -2.06. The summed E-state index contributed by atoms with van der Waals surface area (Å²) in [6, 6.07) is 12.8. The summed E-state index contributed by atoms with van der Waals surface area (Å²) in [4.78, 5) is 15.4. The van der Waals surface area contributed by atoms with Gasteiger partial charge in [0.1, 0.15) is 0 Å². The fourth-order valence-corrected chi connectivity index (χ4v) is 2.52. The first-order valence-corrected chi connectivity index (χ1v) is 8.25. The number of aromatic nitrogens is 3. The third-order valence-electron chi connectivity index (χ3n) is 3.47. The van der Waals surface area contributed by atoms with Gasteiger partial charge < -0.3 is 16.0 Å². The molecule has 0 saturated carbocycles. The fourth-order valence-electron chi connectivity index (χ4n) is 2.29. The summed E-state index contributed by atoms with van der Waals surface area (Å²) in [6.45, 7) is 3.42. The molecule has 0 radical (unpaired) electrons. The van der Waals surface area contributed by atoms with Gasteiger partial charge in [-0.2, -0.15) is 10.1 Å². The van der Waals surface area contributed by atoms with Gasteiger partial charge in [-0.25, -0.2) is 0 Å². The molecule has 8 heteroatoms. The molecule has 0 aliphatic rings. The summed E-state index contributed by atoms with van der Waals surface area (Å²) in [6.07, 6.45) is 1.54. The molecule has 3 N–H and O–H groups in total. The predicted octanol–water partition coefficient (Wildman–Crippen LogP) is 4.28. The van der Waals surface area contributed by atoms with Crippen molar-refractivity contribution in [1.29, 1.82) is 0 Å². The Labute approximate surface area is 155 Å². The Morgan fingerprint density at radius 3 is 2.46 bits per heavy atom. The monoisotopic (exact) mass is 368 g/mol. The highest BCUT2D eigenvalue weighted by molar-refractivity contribution is 6.30. The molecule has 0 unspecified atom stereocenters. The molecule has 0 aliphatic carbocycles. The van der Waals surface area contributed by atoms with Gasteiger partial charge in [-0.3, -0.25) is 4.79 Å². The molecule has 0 atom stereocenters. The number of carbonyl (C=O) groups is 1. The van der Waals surface area contributed by atoms with E-state index in [4.69, 9.17) is 11.6 Å². The van der Waals surface area contributed by atoms with E-state index >= 15 is 0 Å². The Morgan fingerprint density at radius 2 is 1.77 bits per heavy atom. The van der Waals surface area contributed by atoms with E-state index in [9.17, 15) is 4.79 Å². The molecule has 0 bridgehead atoms. The van der Waals surface area contributed by atoms with Gasteiger partial charge in [0.25, 0.3) is 0 Å². The van der Waals surface area contributed by atoms with E-state index in [0.29, 0.717) is 16.8 Å². The first-order chi connectivity index (χ1) is 12.5. The number of carbonyl (C=O) groups excluding carboxylic acids is 1. The molecule has 26 heavy (non-hydrogen) atoms. The Bertz CT molecular complexity index is 929. The van der Waals surface area contributed by atoms with Crippen LogP contribution in [0, 0.1) is 6.92 Å². The number of amides is 1. The number of halogens is 1. The molecular weight excluding hydrogens is 352 g/mol. The van der Waals surface area contributed by atoms with Gasteiger partial charge in [-0.05, 0) is 55.0 Å². The molecule has 3 rings (SSSR count). The van der Waals surface area contributed by atoms with Crippen molar-refractivity contribution in [3.05, 3.63) is 59.2 Å². The van der Waals surface area contributed by atoms with E-state index in [1.165, 1.54) is 6.92 Å². The van der Waals surface area contributed by atoms with Gasteiger partial charge in [0.05, 0.1) is 6.20 Å². The first-order valence-electron chi connectivity index (χ1n) is 7.87. The lowest BCUT2D eigenvalue weighted by atomic mass is 10.2. The minimum absolute atomic E-state index is 0.116. The van der Waals surface area contributed by atoms with Crippen LogP contribution in [0.3, 0.4) is 0 Å². The summed E-state index contributed by atoms with van der Waals surface area (Å²) < 4.78 is 0. The van der Waals surface area contributed by atoms with Crippen LogP contribution in [0.5, 0.6) is 0 Å². The summed E-state index contributed by atoms with van der Waals surface area (Å²) in [5.74, 6) is 0.797. The number of nitrogens with one attached hydrogen (secondary N) is 3. The number of nitrogens with zero attached hydrogens (tertiary/aromatic N) is 3. The van der Waals surface area contributed by atoms with E-state index in [1.54, 1.807) is 24.4 Å². The number of benzene rings is 2. The van der Waals surface area contributed by atoms with E-state index in [2.05, 4.69) is 31.1 Å². The van der Waals surface area contributed by atoms with E-state index in [0.717, 1.165) is 22.6 Å². The maximum absolute atomic E-state index is 11.0. The lowest BCUT2D eigenvalue weighted by Gasteiger charge is -2.10. The summed E-state index contributed by atoms with van der Waals surface area (Å²) in [5.41, 5.74) is 3.39. The van der Waals surface area contributed by atoms with Crippen LogP contribution in [0.2, 0.25) is 5.02 Å². The third kappa shape index (κ3) is 4.67. The van der Waals surface area contributed by atoms with Crippen molar-refractivity contribution in [1.82, 2.24) is 15.2 Å². The zero-order valence-electron chi connectivity index (χ0n) is 14.2. The Morgan fingerprint density at radius 1 is 1.04 bits per heavy atom. The van der Waals surface area contributed by atoms with Gasteiger partial charge in [0.15, 0.2) is 5.82 Å². The van der Waals surface area contributed by atoms with Gasteiger partial charge in [0.2, 0.25) is 11.9 Å². The highest BCUT2D eigenvalue weighted by Gasteiger charge is 2.05. The third-order valence-corrected chi connectivity index (χ3v) is 3.71. The number of rotatable bonds is 5. The van der Waals surface area contributed by atoms with Crippen molar-refractivity contribution in [2.45, 2.75) is 13.8 Å². The zero-order valence-corrected chi connectivity index (χ0v) is 15.0. The van der Waals surface area contributed by atoms with Gasteiger partial charge >= 0.3 is 0 Å². The molecule has 132 valence electrons. The van der Waals surface area contributed by atoms with Gasteiger partial charge in [-0.15, -0.1) is 5.10 Å². The van der Waals surface area contributed by atoms with Crippen LogP contribution in [0.1, 0.15) is 12.5 Å². The van der Waals surface area contributed by atoms with Crippen molar-refractivity contribution in [2.24, 2.45) is 0 Å². The van der Waals surface area contributed by atoms with Crippen LogP contribution in [-0.2, 0) is 4.79 Å². The minimum Gasteiger partial charge on any atom is -0.339 e. The normalized spacial score (nSPS) is 10.3. The molecule has 0 aliphatic heterocycles. The number of hydrogen-bond acceptors (Lipinski definition) is 6. The molecule has 0 fully saturated rings. The number of anilines is 5. The minimum atomic E-state index is -0.116. The first kappa shape index (κ1) is 17.6. The van der Waals surface area contributed by atoms with E-state index in [-0.39, 0.29) is 5.91 Å². The van der Waals surface area contributed by atoms with Crippen molar-refractivity contribution >= 4 is 46.3 Å². The van der Waals surface area contributed by atoms with Gasteiger partial charge in [0, 0.05) is 29.0 Å².